The van der Waals surface area contributed by atoms with Crippen molar-refractivity contribution in [2.24, 2.45) is 0 Å². The van der Waals surface area contributed by atoms with Crippen LogP contribution in [0.5, 0.6) is 5.75 Å². The Bertz CT molecular complexity index is 713. The van der Waals surface area contributed by atoms with Crippen LogP contribution in [-0.4, -0.2) is 29.7 Å². The first kappa shape index (κ1) is 15.0. The van der Waals surface area contributed by atoms with Gasteiger partial charge in [0.05, 0.1) is 24.0 Å². The molecule has 5 nitrogen and oxygen atoms in total. The molecule has 2 N–H and O–H groups in total. The molecule has 0 bridgehead atoms. The van der Waals surface area contributed by atoms with Crippen LogP contribution < -0.4 is 10.1 Å². The third-order valence-corrected chi connectivity index (χ3v) is 3.52. The van der Waals surface area contributed by atoms with Gasteiger partial charge in [0.15, 0.2) is 0 Å². The summed E-state index contributed by atoms with van der Waals surface area (Å²) in [6.07, 6.45) is 1.54. The summed E-state index contributed by atoms with van der Waals surface area (Å²) in [4.78, 5) is 16.7. The van der Waals surface area contributed by atoms with Crippen molar-refractivity contribution < 1.29 is 14.6 Å². The minimum absolute atomic E-state index is 0.214. The molecule has 2 rings (SSSR count). The lowest BCUT2D eigenvalue weighted by Crippen LogP contribution is -2.11. The van der Waals surface area contributed by atoms with Crippen molar-refractivity contribution in [2.75, 3.05) is 19.0 Å². The molecule has 0 unspecified atom stereocenters. The van der Waals surface area contributed by atoms with E-state index >= 15 is 0 Å². The third kappa shape index (κ3) is 3.81. The quantitative estimate of drug-likeness (QED) is 0.851. The molecule has 0 saturated heterocycles. The monoisotopic (exact) mass is 302 g/mol. The number of carbonyl (C=O) groups excluding carboxylic acids is 1. The van der Waals surface area contributed by atoms with Crippen LogP contribution in [0.25, 0.3) is 0 Å². The highest BCUT2D eigenvalue weighted by Crippen LogP contribution is 2.26. The van der Waals surface area contributed by atoms with Gasteiger partial charge in [0.25, 0.3) is 5.91 Å². The lowest BCUT2D eigenvalue weighted by atomic mass is 10.2. The van der Waals surface area contributed by atoms with Gasteiger partial charge in [-0.1, -0.05) is 11.8 Å². The van der Waals surface area contributed by atoms with Gasteiger partial charge in [-0.15, -0.1) is 11.3 Å². The van der Waals surface area contributed by atoms with Crippen molar-refractivity contribution in [3.63, 3.8) is 0 Å². The topological polar surface area (TPSA) is 71.5 Å². The zero-order valence-corrected chi connectivity index (χ0v) is 12.5. The van der Waals surface area contributed by atoms with Crippen molar-refractivity contribution in [3.8, 4) is 17.6 Å². The molecule has 1 amide bonds. The maximum Gasteiger partial charge on any atom is 0.267 e. The van der Waals surface area contributed by atoms with Gasteiger partial charge in [-0.2, -0.15) is 0 Å². The van der Waals surface area contributed by atoms with E-state index in [2.05, 4.69) is 22.1 Å². The normalized spacial score (nSPS) is 9.67. The molecular weight excluding hydrogens is 288 g/mol. The number of thiazole rings is 1. The standard InChI is InChI=1S/C15H14N2O3S/c1-10-16-9-14(21-10)15(19)17-12-8-11(4-3-7-18)5-6-13(12)20-2/h5-6,8-9,18H,7H2,1-2H3,(H,17,19). The minimum Gasteiger partial charge on any atom is -0.495 e. The highest BCUT2D eigenvalue weighted by Gasteiger charge is 2.12. The molecule has 1 aromatic heterocycles. The van der Waals surface area contributed by atoms with Crippen molar-refractivity contribution in [1.29, 1.82) is 0 Å². The number of hydrogen-bond acceptors (Lipinski definition) is 5. The predicted molar refractivity (Wildman–Crippen MR) is 81.8 cm³/mol. The molecular formula is C15H14N2O3S. The molecule has 1 aromatic carbocycles. The molecule has 21 heavy (non-hydrogen) atoms. The third-order valence-electron chi connectivity index (χ3n) is 2.60. The van der Waals surface area contributed by atoms with Crippen LogP contribution in [0, 0.1) is 18.8 Å². The number of rotatable bonds is 3. The number of methoxy groups -OCH3 is 1. The maximum absolute atomic E-state index is 12.1. The van der Waals surface area contributed by atoms with E-state index in [1.807, 2.05) is 6.92 Å². The van der Waals surface area contributed by atoms with E-state index in [1.165, 1.54) is 24.6 Å². The number of aromatic nitrogens is 1. The largest absolute Gasteiger partial charge is 0.495 e. The molecule has 0 fully saturated rings. The number of nitrogens with zero attached hydrogens (tertiary/aromatic N) is 1. The van der Waals surface area contributed by atoms with Crippen LogP contribution in [0.3, 0.4) is 0 Å². The first-order valence-electron chi connectivity index (χ1n) is 6.15. The second-order valence-electron chi connectivity index (χ2n) is 4.07. The minimum atomic E-state index is -0.244. The highest BCUT2D eigenvalue weighted by atomic mass is 32.1. The average molecular weight is 302 g/mol. The van der Waals surface area contributed by atoms with E-state index in [4.69, 9.17) is 9.84 Å². The van der Waals surface area contributed by atoms with Crippen molar-refractivity contribution in [1.82, 2.24) is 4.98 Å². The lowest BCUT2D eigenvalue weighted by Gasteiger charge is -2.09. The molecule has 0 atom stereocenters. The SMILES string of the molecule is COc1ccc(C#CCO)cc1NC(=O)c1cnc(C)s1. The molecule has 2 aromatic rings. The van der Waals surface area contributed by atoms with Crippen LogP contribution in [-0.2, 0) is 0 Å². The van der Waals surface area contributed by atoms with Gasteiger partial charge < -0.3 is 15.2 Å². The molecule has 6 heteroatoms. The average Bonchev–Trinajstić information content (AvgIpc) is 2.92. The number of aliphatic hydroxyl groups excluding tert-OH is 1. The van der Waals surface area contributed by atoms with E-state index in [1.54, 1.807) is 18.2 Å². The van der Waals surface area contributed by atoms with E-state index in [-0.39, 0.29) is 12.5 Å². The fraction of sp³-hybridized carbons (Fsp3) is 0.200. The fourth-order valence-electron chi connectivity index (χ4n) is 1.68. The summed E-state index contributed by atoms with van der Waals surface area (Å²) in [7, 11) is 1.53. The number of aryl methyl sites for hydroxylation is 1. The van der Waals surface area contributed by atoms with Gasteiger partial charge in [0, 0.05) is 5.56 Å². The number of anilines is 1. The summed E-state index contributed by atoms with van der Waals surface area (Å²) in [5.41, 5.74) is 1.21. The van der Waals surface area contributed by atoms with Gasteiger partial charge >= 0.3 is 0 Å². The second-order valence-corrected chi connectivity index (χ2v) is 5.31. The Hall–Kier alpha value is -2.36. The Morgan fingerprint density at radius 1 is 1.52 bits per heavy atom. The summed E-state index contributed by atoms with van der Waals surface area (Å²) >= 11 is 1.32. The lowest BCUT2D eigenvalue weighted by molar-refractivity contribution is 0.103. The number of benzene rings is 1. The fourth-order valence-corrected chi connectivity index (χ4v) is 2.35. The molecule has 0 aliphatic rings. The summed E-state index contributed by atoms with van der Waals surface area (Å²) in [5.74, 6) is 5.64. The zero-order chi connectivity index (χ0) is 15.2. The molecule has 1 heterocycles. The van der Waals surface area contributed by atoms with Crippen molar-refractivity contribution in [3.05, 3.63) is 39.8 Å². The number of amides is 1. The van der Waals surface area contributed by atoms with Crippen LogP contribution in [0.1, 0.15) is 20.2 Å². The number of aliphatic hydroxyl groups is 1. The molecule has 0 spiro atoms. The van der Waals surface area contributed by atoms with Crippen LogP contribution in [0.4, 0.5) is 5.69 Å². The number of ether oxygens (including phenoxy) is 1. The van der Waals surface area contributed by atoms with E-state index in [9.17, 15) is 4.79 Å². The Kier molecular flexibility index (Phi) is 4.93. The molecule has 0 radical (unpaired) electrons. The highest BCUT2D eigenvalue weighted by molar-refractivity contribution is 7.13. The summed E-state index contributed by atoms with van der Waals surface area (Å²) < 4.78 is 5.22. The smallest absolute Gasteiger partial charge is 0.267 e. The number of carbonyl (C=O) groups is 1. The zero-order valence-electron chi connectivity index (χ0n) is 11.6. The first-order chi connectivity index (χ1) is 10.1. The Morgan fingerprint density at radius 2 is 2.33 bits per heavy atom. The molecule has 0 saturated carbocycles. The van der Waals surface area contributed by atoms with E-state index in [0.717, 1.165) is 5.01 Å². The summed E-state index contributed by atoms with van der Waals surface area (Å²) in [6.45, 7) is 1.63. The molecule has 0 aliphatic carbocycles. The van der Waals surface area contributed by atoms with Gasteiger partial charge in [-0.3, -0.25) is 4.79 Å². The number of hydrogen-bond donors (Lipinski definition) is 2. The van der Waals surface area contributed by atoms with E-state index in [0.29, 0.717) is 21.9 Å². The van der Waals surface area contributed by atoms with Gasteiger partial charge in [-0.25, -0.2) is 4.98 Å². The number of nitrogens with one attached hydrogen (secondary N) is 1. The van der Waals surface area contributed by atoms with Gasteiger partial charge in [0.1, 0.15) is 17.2 Å². The summed E-state index contributed by atoms with van der Waals surface area (Å²) in [5, 5.41) is 12.3. The Morgan fingerprint density at radius 3 is 2.95 bits per heavy atom. The van der Waals surface area contributed by atoms with Crippen molar-refractivity contribution in [2.45, 2.75) is 6.92 Å². The van der Waals surface area contributed by atoms with E-state index < -0.39 is 0 Å². The maximum atomic E-state index is 12.1. The second kappa shape index (κ2) is 6.88. The van der Waals surface area contributed by atoms with Gasteiger partial charge in [0.2, 0.25) is 0 Å². The van der Waals surface area contributed by atoms with Crippen LogP contribution in [0.15, 0.2) is 24.4 Å². The van der Waals surface area contributed by atoms with Crippen molar-refractivity contribution >= 4 is 22.9 Å². The van der Waals surface area contributed by atoms with Crippen LogP contribution in [0.2, 0.25) is 0 Å². The van der Waals surface area contributed by atoms with Crippen LogP contribution >= 0.6 is 11.3 Å². The summed E-state index contributed by atoms with van der Waals surface area (Å²) in [6, 6.07) is 5.18. The first-order valence-corrected chi connectivity index (χ1v) is 6.97. The molecule has 0 aliphatic heterocycles. The predicted octanol–water partition coefficient (Wildman–Crippen LogP) is 2.06. The molecule has 108 valence electrons. The Balaban J connectivity index is 2.26. The Labute approximate surface area is 126 Å². The van der Waals surface area contributed by atoms with Gasteiger partial charge in [-0.05, 0) is 25.1 Å².